The van der Waals surface area contributed by atoms with Crippen molar-refractivity contribution in [2.45, 2.75) is 52.7 Å². The van der Waals surface area contributed by atoms with Crippen molar-refractivity contribution in [2.24, 2.45) is 0 Å². The molecule has 0 atom stereocenters. The lowest BCUT2D eigenvalue weighted by Gasteiger charge is -2.19. The molecule has 2 heterocycles. The summed E-state index contributed by atoms with van der Waals surface area (Å²) in [4.78, 5) is 19.4. The van der Waals surface area contributed by atoms with E-state index in [0.29, 0.717) is 41.4 Å². The summed E-state index contributed by atoms with van der Waals surface area (Å²) in [5, 5.41) is 3.52. The highest BCUT2D eigenvalue weighted by molar-refractivity contribution is 5.68. The first-order chi connectivity index (χ1) is 19.2. The molecule has 0 saturated carbocycles. The predicted molar refractivity (Wildman–Crippen MR) is 157 cm³/mol. The van der Waals surface area contributed by atoms with Crippen LogP contribution in [0.4, 0.5) is 4.39 Å². The number of hydrogen-bond acceptors (Lipinski definition) is 4. The van der Waals surface area contributed by atoms with Crippen molar-refractivity contribution < 1.29 is 9.13 Å². The molecular weight excluding hydrogens is 503 g/mol. The number of fused-ring (bicyclic) bond motifs is 1. The highest BCUT2D eigenvalue weighted by atomic mass is 19.1. The first-order valence-electron chi connectivity index (χ1n) is 13.5. The number of aromatic nitrogens is 3. The van der Waals surface area contributed by atoms with Gasteiger partial charge in [-0.05, 0) is 36.2 Å². The third-order valence-electron chi connectivity index (χ3n) is 7.20. The van der Waals surface area contributed by atoms with Gasteiger partial charge in [0.25, 0.3) is 5.56 Å². The molecule has 0 unspecified atom stereocenters. The fourth-order valence-corrected chi connectivity index (χ4v) is 5.17. The molecule has 0 aliphatic heterocycles. The number of imidazole rings is 1. The summed E-state index contributed by atoms with van der Waals surface area (Å²) >= 11 is 0. The number of ether oxygens (including phenoxy) is 1. The first kappa shape index (κ1) is 27.3. The second kappa shape index (κ2) is 11.1. The number of methoxy groups -OCH3 is 1. The van der Waals surface area contributed by atoms with Gasteiger partial charge in [0.05, 0.1) is 30.6 Å². The molecule has 0 saturated heterocycles. The van der Waals surface area contributed by atoms with Crippen LogP contribution in [0.3, 0.4) is 0 Å². The summed E-state index contributed by atoms with van der Waals surface area (Å²) in [6.45, 7) is 9.51. The first-order valence-corrected chi connectivity index (χ1v) is 13.5. The van der Waals surface area contributed by atoms with Gasteiger partial charge in [0, 0.05) is 29.8 Å². The standard InChI is InChI=1S/C33H35FN4O2/c1-22-29(24-15-11-16-26(18-24)40-5)31(39)38-28(20-35-19-23-12-7-6-8-13-23)30(33(2,3)4)36-32(38)37(22)21-25-14-9-10-17-27(25)34/h6-18,35H,19-21H2,1-5H3. The van der Waals surface area contributed by atoms with Crippen LogP contribution in [-0.4, -0.2) is 21.1 Å². The van der Waals surface area contributed by atoms with Gasteiger partial charge < -0.3 is 14.6 Å². The molecule has 5 rings (SSSR count). The minimum Gasteiger partial charge on any atom is -0.497 e. The van der Waals surface area contributed by atoms with Crippen LogP contribution in [0.15, 0.2) is 83.7 Å². The normalized spacial score (nSPS) is 11.8. The van der Waals surface area contributed by atoms with Gasteiger partial charge in [-0.25, -0.2) is 13.8 Å². The van der Waals surface area contributed by atoms with E-state index in [9.17, 15) is 9.18 Å². The second-order valence-corrected chi connectivity index (χ2v) is 11.1. The maximum atomic E-state index is 14.9. The molecule has 206 valence electrons. The molecule has 2 aromatic heterocycles. The van der Waals surface area contributed by atoms with Crippen LogP contribution in [0.1, 0.15) is 49.0 Å². The largest absolute Gasteiger partial charge is 0.497 e. The quantitative estimate of drug-likeness (QED) is 0.254. The highest BCUT2D eigenvalue weighted by Crippen LogP contribution is 2.30. The third kappa shape index (κ3) is 5.29. The molecule has 0 fully saturated rings. The Bertz CT molecular complexity index is 1720. The van der Waals surface area contributed by atoms with E-state index in [1.807, 2.05) is 60.0 Å². The monoisotopic (exact) mass is 538 g/mol. The summed E-state index contributed by atoms with van der Waals surface area (Å²) in [7, 11) is 1.60. The van der Waals surface area contributed by atoms with Crippen LogP contribution in [0.25, 0.3) is 16.9 Å². The lowest BCUT2D eigenvalue weighted by atomic mass is 9.90. The van der Waals surface area contributed by atoms with Crippen molar-refractivity contribution in [3.8, 4) is 16.9 Å². The SMILES string of the molecule is COc1cccc(-c2c(C)n(Cc3ccccc3F)c3nc(C(C)(C)C)c(CNCc4ccccc4)n3c2=O)c1. The Labute approximate surface area is 234 Å². The fourth-order valence-electron chi connectivity index (χ4n) is 5.17. The topological polar surface area (TPSA) is 60.6 Å². The van der Waals surface area contributed by atoms with Gasteiger partial charge in [0.2, 0.25) is 5.78 Å². The van der Waals surface area contributed by atoms with E-state index >= 15 is 0 Å². The molecule has 0 spiro atoms. The molecule has 3 aromatic carbocycles. The highest BCUT2D eigenvalue weighted by Gasteiger charge is 2.28. The average Bonchev–Trinajstić information content (AvgIpc) is 3.33. The van der Waals surface area contributed by atoms with Crippen molar-refractivity contribution in [1.82, 2.24) is 19.3 Å². The molecule has 0 radical (unpaired) electrons. The number of hydrogen-bond donors (Lipinski definition) is 1. The lowest BCUT2D eigenvalue weighted by Crippen LogP contribution is -2.27. The summed E-state index contributed by atoms with van der Waals surface area (Å²) in [5.41, 5.74) is 4.79. The smallest absolute Gasteiger partial charge is 0.267 e. The van der Waals surface area contributed by atoms with Crippen molar-refractivity contribution in [1.29, 1.82) is 0 Å². The molecule has 7 heteroatoms. The van der Waals surface area contributed by atoms with Crippen LogP contribution in [0.5, 0.6) is 5.75 Å². The van der Waals surface area contributed by atoms with Crippen molar-refractivity contribution >= 4 is 5.78 Å². The van der Waals surface area contributed by atoms with Crippen LogP contribution in [0.2, 0.25) is 0 Å². The summed E-state index contributed by atoms with van der Waals surface area (Å²) in [6, 6.07) is 24.4. The Hall–Kier alpha value is -4.23. The van der Waals surface area contributed by atoms with Crippen LogP contribution in [0, 0.1) is 12.7 Å². The Morgan fingerprint density at radius 3 is 2.38 bits per heavy atom. The van der Waals surface area contributed by atoms with E-state index in [0.717, 1.165) is 22.5 Å². The van der Waals surface area contributed by atoms with Crippen LogP contribution >= 0.6 is 0 Å². The van der Waals surface area contributed by atoms with Crippen molar-refractivity contribution in [3.63, 3.8) is 0 Å². The summed E-state index contributed by atoms with van der Waals surface area (Å²) in [5.74, 6) is 0.857. The Morgan fingerprint density at radius 1 is 0.950 bits per heavy atom. The predicted octanol–water partition coefficient (Wildman–Crippen LogP) is 6.25. The molecular formula is C33H35FN4O2. The molecule has 6 nitrogen and oxygen atoms in total. The molecule has 0 amide bonds. The van der Waals surface area contributed by atoms with Crippen molar-refractivity contribution in [3.05, 3.63) is 123 Å². The molecule has 1 N–H and O–H groups in total. The maximum Gasteiger partial charge on any atom is 0.267 e. The van der Waals surface area contributed by atoms with Crippen LogP contribution in [-0.2, 0) is 25.0 Å². The van der Waals surface area contributed by atoms with Crippen molar-refractivity contribution in [2.75, 3.05) is 7.11 Å². The van der Waals surface area contributed by atoms with Gasteiger partial charge in [0.1, 0.15) is 11.6 Å². The van der Waals surface area contributed by atoms with E-state index in [-0.39, 0.29) is 23.3 Å². The number of benzene rings is 3. The zero-order valence-electron chi connectivity index (χ0n) is 23.7. The second-order valence-electron chi connectivity index (χ2n) is 11.1. The molecule has 5 aromatic rings. The van der Waals surface area contributed by atoms with E-state index < -0.39 is 0 Å². The minimum atomic E-state index is -0.331. The Morgan fingerprint density at radius 2 is 1.68 bits per heavy atom. The van der Waals surface area contributed by atoms with E-state index in [1.54, 1.807) is 23.6 Å². The maximum absolute atomic E-state index is 14.9. The molecule has 0 aliphatic carbocycles. The third-order valence-corrected chi connectivity index (χ3v) is 7.20. The summed E-state index contributed by atoms with van der Waals surface area (Å²) < 4.78 is 24.0. The number of nitrogens with zero attached hydrogens (tertiary/aromatic N) is 3. The Balaban J connectivity index is 1.76. The van der Waals surface area contributed by atoms with Gasteiger partial charge >= 0.3 is 0 Å². The molecule has 40 heavy (non-hydrogen) atoms. The van der Waals surface area contributed by atoms with Gasteiger partial charge in [-0.2, -0.15) is 0 Å². The summed E-state index contributed by atoms with van der Waals surface area (Å²) in [6.07, 6.45) is 0. The zero-order chi connectivity index (χ0) is 28.4. The molecule has 0 aliphatic rings. The average molecular weight is 539 g/mol. The van der Waals surface area contributed by atoms with E-state index in [2.05, 4.69) is 38.2 Å². The number of halogens is 1. The van der Waals surface area contributed by atoms with E-state index in [1.165, 1.54) is 6.07 Å². The Kier molecular flexibility index (Phi) is 7.59. The lowest BCUT2D eigenvalue weighted by molar-refractivity contribution is 0.415. The van der Waals surface area contributed by atoms with Gasteiger partial charge in [-0.1, -0.05) is 81.4 Å². The molecule has 0 bridgehead atoms. The minimum absolute atomic E-state index is 0.162. The van der Waals surface area contributed by atoms with Crippen LogP contribution < -0.4 is 15.6 Å². The van der Waals surface area contributed by atoms with E-state index in [4.69, 9.17) is 9.72 Å². The number of rotatable bonds is 8. The van der Waals surface area contributed by atoms with Gasteiger partial charge in [0.15, 0.2) is 0 Å². The number of nitrogens with one attached hydrogen (secondary N) is 1. The fraction of sp³-hybridized carbons (Fsp3) is 0.273. The zero-order valence-corrected chi connectivity index (χ0v) is 23.7. The van der Waals surface area contributed by atoms with Gasteiger partial charge in [-0.3, -0.25) is 4.79 Å². The van der Waals surface area contributed by atoms with Gasteiger partial charge in [-0.15, -0.1) is 0 Å².